The molecule has 1 atom stereocenters. The van der Waals surface area contributed by atoms with Crippen LogP contribution in [0.1, 0.15) is 30.4 Å². The van der Waals surface area contributed by atoms with Crippen molar-refractivity contribution in [2.45, 2.75) is 38.5 Å². The Morgan fingerprint density at radius 1 is 1.08 bits per heavy atom. The van der Waals surface area contributed by atoms with Crippen molar-refractivity contribution in [2.75, 3.05) is 6.54 Å². The molecule has 1 aliphatic rings. The second-order valence-corrected chi connectivity index (χ2v) is 6.84. The molecule has 0 N–H and O–H groups in total. The van der Waals surface area contributed by atoms with E-state index < -0.39 is 0 Å². The third kappa shape index (κ3) is 5.14. The minimum atomic E-state index is -0.232. The zero-order valence-electron chi connectivity index (χ0n) is 13.7. The van der Waals surface area contributed by atoms with Crippen molar-refractivity contribution in [3.63, 3.8) is 0 Å². The van der Waals surface area contributed by atoms with Crippen LogP contribution in [0.3, 0.4) is 0 Å². The number of hydrogen-bond acceptors (Lipinski definition) is 5. The molecule has 0 radical (unpaired) electrons. The molecule has 0 aliphatic carbocycles. The number of pyridine rings is 2. The molecule has 2 aromatic rings. The molecule has 0 aromatic carbocycles. The summed E-state index contributed by atoms with van der Waals surface area (Å²) in [4.78, 5) is 22.8. The van der Waals surface area contributed by atoms with E-state index in [0.29, 0.717) is 16.9 Å². The smallest absolute Gasteiger partial charge is 0.323 e. The average molecular weight is 380 g/mol. The Labute approximate surface area is 156 Å². The molecule has 2 aromatic heterocycles. The van der Waals surface area contributed by atoms with Gasteiger partial charge in [0.1, 0.15) is 23.0 Å². The maximum absolute atomic E-state index is 12.5. The molecule has 0 amide bonds. The van der Waals surface area contributed by atoms with E-state index in [9.17, 15) is 4.79 Å². The van der Waals surface area contributed by atoms with Crippen LogP contribution in [0.25, 0.3) is 0 Å². The van der Waals surface area contributed by atoms with Crippen LogP contribution in [0, 0.1) is 0 Å². The van der Waals surface area contributed by atoms with Crippen molar-refractivity contribution in [3.05, 3.63) is 58.1 Å². The fourth-order valence-electron chi connectivity index (χ4n) is 2.92. The van der Waals surface area contributed by atoms with Crippen LogP contribution in [0.4, 0.5) is 0 Å². The number of esters is 1. The Kier molecular flexibility index (Phi) is 6.24. The minimum Gasteiger partial charge on any atom is -0.460 e. The number of piperidine rings is 1. The second-order valence-electron chi connectivity index (χ2n) is 6.07. The van der Waals surface area contributed by atoms with Crippen LogP contribution in [0.2, 0.25) is 10.3 Å². The number of nitrogens with zero attached hydrogens (tertiary/aromatic N) is 3. The van der Waals surface area contributed by atoms with Gasteiger partial charge in [-0.2, -0.15) is 0 Å². The second kappa shape index (κ2) is 8.61. The Morgan fingerprint density at radius 3 is 2.40 bits per heavy atom. The maximum Gasteiger partial charge on any atom is 0.323 e. The predicted molar refractivity (Wildman–Crippen MR) is 96.3 cm³/mol. The number of carbonyl (C=O) groups is 1. The van der Waals surface area contributed by atoms with Crippen LogP contribution in [0.5, 0.6) is 0 Å². The normalized spacial score (nSPS) is 18.1. The average Bonchev–Trinajstić information content (AvgIpc) is 2.63. The first-order chi connectivity index (χ1) is 12.1. The number of rotatable bonds is 5. The lowest BCUT2D eigenvalue weighted by Crippen LogP contribution is -2.44. The van der Waals surface area contributed by atoms with Crippen LogP contribution in [0.15, 0.2) is 36.7 Å². The van der Waals surface area contributed by atoms with E-state index in [1.165, 1.54) is 0 Å². The van der Waals surface area contributed by atoms with E-state index in [4.69, 9.17) is 27.9 Å². The SMILES string of the molecule is O=C(OCc1ccc(Cl)nc1)[C@H]1CCCCN1Cc1ccc(Cl)nc1. The van der Waals surface area contributed by atoms with Gasteiger partial charge in [-0.25, -0.2) is 9.97 Å². The third-order valence-electron chi connectivity index (χ3n) is 4.23. The Hall–Kier alpha value is -1.69. The lowest BCUT2D eigenvalue weighted by Gasteiger charge is -2.33. The first-order valence-corrected chi connectivity index (χ1v) is 8.99. The van der Waals surface area contributed by atoms with Crippen molar-refractivity contribution < 1.29 is 9.53 Å². The summed E-state index contributed by atoms with van der Waals surface area (Å²) < 4.78 is 5.49. The highest BCUT2D eigenvalue weighted by atomic mass is 35.5. The standard InChI is InChI=1S/C18H19Cl2N3O2/c19-16-6-4-13(9-21-16)11-23-8-2-1-3-15(23)18(24)25-12-14-5-7-17(20)22-10-14/h4-7,9-10,15H,1-3,8,11-12H2/t15-/m1/s1. The van der Waals surface area contributed by atoms with Crippen LogP contribution < -0.4 is 0 Å². The van der Waals surface area contributed by atoms with E-state index in [0.717, 1.165) is 36.9 Å². The number of likely N-dealkylation sites (tertiary alicyclic amines) is 1. The Bertz CT molecular complexity index is 707. The zero-order valence-corrected chi connectivity index (χ0v) is 15.2. The summed E-state index contributed by atoms with van der Waals surface area (Å²) in [6.45, 7) is 1.73. The number of halogens is 2. The number of carbonyl (C=O) groups excluding carboxylic acids is 1. The van der Waals surface area contributed by atoms with Gasteiger partial charge in [-0.1, -0.05) is 41.8 Å². The summed E-state index contributed by atoms with van der Waals surface area (Å²) in [5.41, 5.74) is 1.85. The zero-order chi connectivity index (χ0) is 17.6. The summed E-state index contributed by atoms with van der Waals surface area (Å²) in [5.74, 6) is -0.198. The van der Waals surface area contributed by atoms with Gasteiger partial charge in [-0.15, -0.1) is 0 Å². The van der Waals surface area contributed by atoms with Crippen LogP contribution in [-0.4, -0.2) is 33.4 Å². The molecule has 0 spiro atoms. The van der Waals surface area contributed by atoms with Gasteiger partial charge >= 0.3 is 5.97 Å². The summed E-state index contributed by atoms with van der Waals surface area (Å²) in [7, 11) is 0. The molecule has 1 aliphatic heterocycles. The highest BCUT2D eigenvalue weighted by Crippen LogP contribution is 2.21. The minimum absolute atomic E-state index is 0.198. The van der Waals surface area contributed by atoms with Gasteiger partial charge in [-0.05, 0) is 37.1 Å². The molecule has 1 fully saturated rings. The molecule has 5 nitrogen and oxygen atoms in total. The molecule has 0 bridgehead atoms. The van der Waals surface area contributed by atoms with Crippen molar-refractivity contribution in [2.24, 2.45) is 0 Å². The number of hydrogen-bond donors (Lipinski definition) is 0. The Morgan fingerprint density at radius 2 is 1.76 bits per heavy atom. The number of ether oxygens (including phenoxy) is 1. The Balaban J connectivity index is 1.60. The summed E-state index contributed by atoms with van der Waals surface area (Å²) in [5, 5.41) is 0.889. The molecule has 1 saturated heterocycles. The highest BCUT2D eigenvalue weighted by molar-refractivity contribution is 6.29. The molecule has 0 saturated carbocycles. The monoisotopic (exact) mass is 379 g/mol. The van der Waals surface area contributed by atoms with Gasteiger partial charge in [-0.3, -0.25) is 9.69 Å². The van der Waals surface area contributed by atoms with E-state index >= 15 is 0 Å². The molecule has 3 rings (SSSR count). The van der Waals surface area contributed by atoms with E-state index in [-0.39, 0.29) is 18.6 Å². The third-order valence-corrected chi connectivity index (χ3v) is 4.68. The number of aromatic nitrogens is 2. The lowest BCUT2D eigenvalue weighted by molar-refractivity contribution is -0.153. The largest absolute Gasteiger partial charge is 0.460 e. The van der Waals surface area contributed by atoms with Gasteiger partial charge in [0, 0.05) is 24.5 Å². The summed E-state index contributed by atoms with van der Waals surface area (Å²) in [6, 6.07) is 6.96. The van der Waals surface area contributed by atoms with E-state index in [2.05, 4.69) is 14.9 Å². The van der Waals surface area contributed by atoms with E-state index in [1.54, 1.807) is 30.6 Å². The first kappa shape index (κ1) is 18.1. The molecular weight excluding hydrogens is 361 g/mol. The topological polar surface area (TPSA) is 55.3 Å². The lowest BCUT2D eigenvalue weighted by atomic mass is 10.0. The maximum atomic E-state index is 12.5. The summed E-state index contributed by atoms with van der Waals surface area (Å²) >= 11 is 11.6. The van der Waals surface area contributed by atoms with Crippen molar-refractivity contribution in [3.8, 4) is 0 Å². The summed E-state index contributed by atoms with van der Waals surface area (Å²) in [6.07, 6.45) is 6.27. The van der Waals surface area contributed by atoms with E-state index in [1.807, 2.05) is 6.07 Å². The van der Waals surface area contributed by atoms with Crippen molar-refractivity contribution >= 4 is 29.2 Å². The van der Waals surface area contributed by atoms with Gasteiger partial charge in [0.05, 0.1) is 0 Å². The van der Waals surface area contributed by atoms with Crippen LogP contribution >= 0.6 is 23.2 Å². The predicted octanol–water partition coefficient (Wildman–Crippen LogP) is 3.88. The van der Waals surface area contributed by atoms with Gasteiger partial charge in [0.2, 0.25) is 0 Å². The van der Waals surface area contributed by atoms with Crippen molar-refractivity contribution in [1.82, 2.24) is 14.9 Å². The molecule has 132 valence electrons. The van der Waals surface area contributed by atoms with Gasteiger partial charge in [0.25, 0.3) is 0 Å². The first-order valence-electron chi connectivity index (χ1n) is 8.23. The fraction of sp³-hybridized carbons (Fsp3) is 0.389. The van der Waals surface area contributed by atoms with Crippen molar-refractivity contribution in [1.29, 1.82) is 0 Å². The van der Waals surface area contributed by atoms with Gasteiger partial charge in [0.15, 0.2) is 0 Å². The van der Waals surface area contributed by atoms with Crippen LogP contribution in [-0.2, 0) is 22.7 Å². The fourth-order valence-corrected chi connectivity index (χ4v) is 3.15. The molecule has 25 heavy (non-hydrogen) atoms. The van der Waals surface area contributed by atoms with Gasteiger partial charge < -0.3 is 4.74 Å². The highest BCUT2D eigenvalue weighted by Gasteiger charge is 2.30. The molecule has 3 heterocycles. The molecule has 0 unspecified atom stereocenters. The molecular formula is C18H19Cl2N3O2. The quantitative estimate of drug-likeness (QED) is 0.582. The molecule has 7 heteroatoms.